The van der Waals surface area contributed by atoms with Crippen molar-refractivity contribution in [1.82, 2.24) is 15.0 Å². The number of nitro groups is 1. The second-order valence-electron chi connectivity index (χ2n) is 3.18. The molecule has 0 atom stereocenters. The van der Waals surface area contributed by atoms with Gasteiger partial charge in [-0.15, -0.1) is 5.10 Å². The van der Waals surface area contributed by atoms with Crippen LogP contribution in [0.4, 0.5) is 10.2 Å². The number of carbonyl (C=O) groups is 1. The van der Waals surface area contributed by atoms with Crippen molar-refractivity contribution in [1.29, 1.82) is 0 Å². The minimum atomic E-state index is -1.61. The van der Waals surface area contributed by atoms with Crippen molar-refractivity contribution in [2.75, 3.05) is 0 Å². The molecule has 0 unspecified atom stereocenters. The number of carboxylic acid groups (broad SMARTS) is 1. The zero-order valence-corrected chi connectivity index (χ0v) is 8.65. The average molecular weight is 252 g/mol. The average Bonchev–Trinajstić information content (AvgIpc) is 2.74. The largest absolute Gasteiger partial charge is 0.476 e. The van der Waals surface area contributed by atoms with Crippen LogP contribution in [-0.2, 0) is 0 Å². The molecule has 0 aliphatic heterocycles. The van der Waals surface area contributed by atoms with E-state index >= 15 is 0 Å². The Kier molecular flexibility index (Phi) is 2.72. The van der Waals surface area contributed by atoms with Gasteiger partial charge in [-0.1, -0.05) is 16.9 Å². The molecule has 92 valence electrons. The number of rotatable bonds is 3. The third-order valence-corrected chi connectivity index (χ3v) is 2.04. The first-order valence-corrected chi connectivity index (χ1v) is 4.60. The quantitative estimate of drug-likeness (QED) is 0.644. The molecule has 1 heterocycles. The second kappa shape index (κ2) is 4.20. The Labute approximate surface area is 98.4 Å². The van der Waals surface area contributed by atoms with Crippen molar-refractivity contribution in [2.45, 2.75) is 0 Å². The van der Waals surface area contributed by atoms with Crippen LogP contribution in [0.15, 0.2) is 24.3 Å². The van der Waals surface area contributed by atoms with Gasteiger partial charge < -0.3 is 15.2 Å². The summed E-state index contributed by atoms with van der Waals surface area (Å²) in [7, 11) is 0. The maximum atomic E-state index is 13.4. The van der Waals surface area contributed by atoms with E-state index in [1.165, 1.54) is 18.2 Å². The van der Waals surface area contributed by atoms with E-state index in [0.717, 1.165) is 6.07 Å². The fourth-order valence-electron chi connectivity index (χ4n) is 1.28. The summed E-state index contributed by atoms with van der Waals surface area (Å²) in [6, 6.07) is 5.25. The molecule has 0 fully saturated rings. The Bertz CT molecular complexity index is 608. The molecule has 0 bridgehead atoms. The van der Waals surface area contributed by atoms with Crippen LogP contribution in [-0.4, -0.2) is 31.0 Å². The summed E-state index contributed by atoms with van der Waals surface area (Å²) >= 11 is 0. The highest BCUT2D eigenvalue weighted by atomic mass is 19.1. The number of para-hydroxylation sites is 1. The van der Waals surface area contributed by atoms with Gasteiger partial charge in [0.15, 0.2) is 5.82 Å². The molecule has 2 aromatic rings. The fourth-order valence-corrected chi connectivity index (χ4v) is 1.28. The molecule has 0 saturated heterocycles. The van der Waals surface area contributed by atoms with E-state index in [-0.39, 0.29) is 5.69 Å². The third-order valence-electron chi connectivity index (χ3n) is 2.04. The third kappa shape index (κ3) is 1.88. The molecule has 0 radical (unpaired) electrons. The summed E-state index contributed by atoms with van der Waals surface area (Å²) in [5.74, 6) is -3.27. The van der Waals surface area contributed by atoms with Crippen LogP contribution in [0, 0.1) is 15.9 Å². The molecule has 1 N–H and O–H groups in total. The Morgan fingerprint density at radius 1 is 1.39 bits per heavy atom. The van der Waals surface area contributed by atoms with Crippen LogP contribution in [0.5, 0.6) is 0 Å². The lowest BCUT2D eigenvalue weighted by molar-refractivity contribution is -0.390. The smallest absolute Gasteiger partial charge is 0.425 e. The lowest BCUT2D eigenvalue weighted by atomic mass is 10.3. The molecule has 0 aliphatic carbocycles. The molecule has 1 aromatic heterocycles. The lowest BCUT2D eigenvalue weighted by Crippen LogP contribution is -2.04. The van der Waals surface area contributed by atoms with Crippen molar-refractivity contribution < 1.29 is 19.2 Å². The Balaban J connectivity index is 2.61. The highest BCUT2D eigenvalue weighted by Gasteiger charge is 2.29. The predicted octanol–water partition coefficient (Wildman–Crippen LogP) is 1.01. The van der Waals surface area contributed by atoms with Gasteiger partial charge in [0.25, 0.3) is 5.69 Å². The Morgan fingerprint density at radius 3 is 2.56 bits per heavy atom. The molecule has 9 heteroatoms. The number of carboxylic acids is 1. The Hall–Kier alpha value is -2.84. The van der Waals surface area contributed by atoms with E-state index in [2.05, 4.69) is 10.2 Å². The van der Waals surface area contributed by atoms with Gasteiger partial charge in [0.05, 0.1) is 5.10 Å². The van der Waals surface area contributed by atoms with Crippen molar-refractivity contribution in [3.05, 3.63) is 45.9 Å². The minimum Gasteiger partial charge on any atom is -0.476 e. The van der Waals surface area contributed by atoms with E-state index in [4.69, 9.17) is 5.11 Å². The maximum Gasteiger partial charge on any atom is 0.425 e. The standard InChI is InChI=1S/C9H5FN4O4/c10-5-3-1-2-4-6(5)13-11-7(9(15)16)8(12-13)14(17)18/h1-4H,(H,15,16). The number of hydrogen-bond donors (Lipinski definition) is 1. The predicted molar refractivity (Wildman–Crippen MR) is 54.9 cm³/mol. The Morgan fingerprint density at radius 2 is 2.06 bits per heavy atom. The van der Waals surface area contributed by atoms with Crippen LogP contribution in [0.3, 0.4) is 0 Å². The van der Waals surface area contributed by atoms with Crippen LogP contribution in [0.25, 0.3) is 5.69 Å². The van der Waals surface area contributed by atoms with Crippen LogP contribution in [0.1, 0.15) is 10.5 Å². The summed E-state index contributed by atoms with van der Waals surface area (Å²) in [6.07, 6.45) is 0. The van der Waals surface area contributed by atoms with Crippen LogP contribution < -0.4 is 0 Å². The molecule has 0 spiro atoms. The highest BCUT2D eigenvalue weighted by molar-refractivity contribution is 5.88. The van der Waals surface area contributed by atoms with Gasteiger partial charge in [0.2, 0.25) is 0 Å². The van der Waals surface area contributed by atoms with E-state index in [1.807, 2.05) is 0 Å². The van der Waals surface area contributed by atoms with Crippen molar-refractivity contribution in [3.8, 4) is 5.69 Å². The van der Waals surface area contributed by atoms with E-state index < -0.39 is 28.2 Å². The zero-order chi connectivity index (χ0) is 13.3. The van der Waals surface area contributed by atoms with Crippen molar-refractivity contribution in [2.24, 2.45) is 0 Å². The van der Waals surface area contributed by atoms with E-state index in [9.17, 15) is 19.3 Å². The number of halogens is 1. The summed E-state index contributed by atoms with van der Waals surface area (Å²) in [4.78, 5) is 20.9. The maximum absolute atomic E-state index is 13.4. The fraction of sp³-hybridized carbons (Fsp3) is 0. The van der Waals surface area contributed by atoms with Gasteiger partial charge in [-0.3, -0.25) is 0 Å². The van der Waals surface area contributed by atoms with E-state index in [1.54, 1.807) is 0 Å². The molecule has 8 nitrogen and oxygen atoms in total. The SMILES string of the molecule is O=C(O)c1nn(-c2ccccc2F)nc1[N+](=O)[O-]. The lowest BCUT2D eigenvalue weighted by Gasteiger charge is -1.95. The van der Waals surface area contributed by atoms with Crippen LogP contribution in [0.2, 0.25) is 0 Å². The number of aromatic carboxylic acids is 1. The van der Waals surface area contributed by atoms with Crippen molar-refractivity contribution >= 4 is 11.8 Å². The van der Waals surface area contributed by atoms with Gasteiger partial charge in [0.1, 0.15) is 5.69 Å². The zero-order valence-electron chi connectivity index (χ0n) is 8.65. The normalized spacial score (nSPS) is 10.3. The minimum absolute atomic E-state index is 0.173. The molecular weight excluding hydrogens is 247 g/mol. The highest BCUT2D eigenvalue weighted by Crippen LogP contribution is 2.17. The summed E-state index contributed by atoms with van der Waals surface area (Å²) in [5.41, 5.74) is -1.02. The van der Waals surface area contributed by atoms with E-state index in [0.29, 0.717) is 4.80 Å². The van der Waals surface area contributed by atoms with Gasteiger partial charge in [-0.05, 0) is 17.1 Å². The molecule has 18 heavy (non-hydrogen) atoms. The first kappa shape index (κ1) is 11.6. The molecule has 1 aromatic carbocycles. The molecule has 0 amide bonds. The van der Waals surface area contributed by atoms with Gasteiger partial charge in [0, 0.05) is 0 Å². The summed E-state index contributed by atoms with van der Waals surface area (Å²) < 4.78 is 13.4. The number of aromatic nitrogens is 3. The summed E-state index contributed by atoms with van der Waals surface area (Å²) in [6.45, 7) is 0. The van der Waals surface area contributed by atoms with Gasteiger partial charge >= 0.3 is 11.8 Å². The van der Waals surface area contributed by atoms with Gasteiger partial charge in [-0.2, -0.15) is 0 Å². The molecule has 2 rings (SSSR count). The number of hydrogen-bond acceptors (Lipinski definition) is 5. The van der Waals surface area contributed by atoms with Crippen LogP contribution >= 0.6 is 0 Å². The second-order valence-corrected chi connectivity index (χ2v) is 3.18. The summed E-state index contributed by atoms with van der Waals surface area (Å²) in [5, 5.41) is 26.1. The number of benzene rings is 1. The monoisotopic (exact) mass is 252 g/mol. The molecular formula is C9H5FN4O4. The molecule has 0 aliphatic rings. The first-order chi connectivity index (χ1) is 8.50. The van der Waals surface area contributed by atoms with Gasteiger partial charge in [-0.25, -0.2) is 9.18 Å². The first-order valence-electron chi connectivity index (χ1n) is 4.60. The van der Waals surface area contributed by atoms with Crippen molar-refractivity contribution in [3.63, 3.8) is 0 Å². The number of nitrogens with zero attached hydrogens (tertiary/aromatic N) is 4. The molecule has 0 saturated carbocycles. The topological polar surface area (TPSA) is 111 Å².